The van der Waals surface area contributed by atoms with Crippen molar-refractivity contribution in [2.24, 2.45) is 16.6 Å². The van der Waals surface area contributed by atoms with Gasteiger partial charge in [0.05, 0.1) is 23.4 Å². The minimum atomic E-state index is -1.43. The fraction of sp³-hybridized carbons (Fsp3) is 0.500. The Kier molecular flexibility index (Phi) is 3.06. The Balaban J connectivity index is 2.71. The molecule has 2 rings (SSSR count). The maximum absolute atomic E-state index is 9.58. The van der Waals surface area contributed by atoms with Crippen LogP contribution in [0.4, 0.5) is 0 Å². The van der Waals surface area contributed by atoms with Gasteiger partial charge < -0.3 is 11.1 Å². The molecule has 2 aliphatic rings. The first-order valence-corrected chi connectivity index (χ1v) is 6.20. The molecule has 19 heavy (non-hydrogen) atoms. The van der Waals surface area contributed by atoms with Crippen LogP contribution in [0, 0.1) is 44.8 Å². The number of nitrogens with two attached hydrogens (primary N) is 1. The normalized spacial score (nSPS) is 24.0. The number of nitrogens with one attached hydrogen (secondary N) is 1. The van der Waals surface area contributed by atoms with Gasteiger partial charge >= 0.3 is 0 Å². The monoisotopic (exact) mass is 253 g/mol. The zero-order chi connectivity index (χ0) is 14.1. The zero-order valence-corrected chi connectivity index (χ0v) is 10.8. The van der Waals surface area contributed by atoms with Crippen molar-refractivity contribution in [3.8, 4) is 18.2 Å². The van der Waals surface area contributed by atoms with Gasteiger partial charge in [-0.15, -0.1) is 0 Å². The Morgan fingerprint density at radius 3 is 2.26 bits per heavy atom. The summed E-state index contributed by atoms with van der Waals surface area (Å²) in [5.74, 6) is 0. The summed E-state index contributed by atoms with van der Waals surface area (Å²) in [4.78, 5) is 0. The molecule has 0 amide bonds. The number of allylic oxidation sites excluding steroid dienone is 4. The number of hydrogen-bond donors (Lipinski definition) is 2. The van der Waals surface area contributed by atoms with E-state index >= 15 is 0 Å². The van der Waals surface area contributed by atoms with E-state index in [1.807, 2.05) is 19.1 Å². The summed E-state index contributed by atoms with van der Waals surface area (Å²) in [7, 11) is 0. The van der Waals surface area contributed by atoms with Crippen LogP contribution in [0.15, 0.2) is 22.9 Å². The molecule has 96 valence electrons. The second-order valence-electron chi connectivity index (χ2n) is 5.11. The quantitative estimate of drug-likeness (QED) is 0.671. The number of hydrogen-bond acceptors (Lipinski definition) is 5. The van der Waals surface area contributed by atoms with Gasteiger partial charge in [0.2, 0.25) is 0 Å². The van der Waals surface area contributed by atoms with Crippen LogP contribution >= 0.6 is 0 Å². The Hall–Kier alpha value is -2.29. The van der Waals surface area contributed by atoms with Gasteiger partial charge in [-0.25, -0.2) is 0 Å². The van der Waals surface area contributed by atoms with Crippen molar-refractivity contribution in [3.05, 3.63) is 22.9 Å². The molecule has 1 spiro atoms. The van der Waals surface area contributed by atoms with Crippen molar-refractivity contribution < 1.29 is 0 Å². The van der Waals surface area contributed by atoms with E-state index in [2.05, 4.69) is 17.5 Å². The molecule has 1 aliphatic heterocycles. The van der Waals surface area contributed by atoms with E-state index in [-0.39, 0.29) is 11.3 Å². The predicted molar refractivity (Wildman–Crippen MR) is 68.8 cm³/mol. The third kappa shape index (κ3) is 1.55. The molecule has 0 saturated carbocycles. The Labute approximate surface area is 112 Å². The first-order valence-electron chi connectivity index (χ1n) is 6.20. The van der Waals surface area contributed by atoms with Crippen LogP contribution in [0.3, 0.4) is 0 Å². The molecular weight excluding hydrogens is 238 g/mol. The summed E-state index contributed by atoms with van der Waals surface area (Å²) >= 11 is 0. The van der Waals surface area contributed by atoms with Crippen LogP contribution < -0.4 is 11.1 Å². The van der Waals surface area contributed by atoms with E-state index in [0.29, 0.717) is 12.8 Å². The van der Waals surface area contributed by atoms with E-state index in [1.54, 1.807) is 0 Å². The lowest BCUT2D eigenvalue weighted by Gasteiger charge is -2.46. The molecule has 0 unspecified atom stereocenters. The highest BCUT2D eigenvalue weighted by atomic mass is 14.9. The van der Waals surface area contributed by atoms with Crippen molar-refractivity contribution in [3.63, 3.8) is 0 Å². The van der Waals surface area contributed by atoms with Gasteiger partial charge in [-0.05, 0) is 38.4 Å². The zero-order valence-electron chi connectivity index (χ0n) is 10.8. The molecule has 0 radical (unpaired) electrons. The number of piperidine rings is 1. The van der Waals surface area contributed by atoms with Gasteiger partial charge in [0.15, 0.2) is 5.41 Å². The molecule has 1 fully saturated rings. The lowest BCUT2D eigenvalue weighted by Crippen LogP contribution is -2.51. The molecule has 5 heteroatoms. The molecule has 0 aromatic heterocycles. The van der Waals surface area contributed by atoms with Gasteiger partial charge in [0, 0.05) is 5.41 Å². The first kappa shape index (κ1) is 13.1. The topological polar surface area (TPSA) is 109 Å². The molecule has 5 nitrogen and oxygen atoms in total. The van der Waals surface area contributed by atoms with E-state index < -0.39 is 10.8 Å². The lowest BCUT2D eigenvalue weighted by molar-refractivity contribution is 0.172. The molecule has 1 aliphatic carbocycles. The first-order chi connectivity index (χ1) is 9.07. The van der Waals surface area contributed by atoms with Gasteiger partial charge in [0.25, 0.3) is 0 Å². The largest absolute Gasteiger partial charge is 0.399 e. The van der Waals surface area contributed by atoms with Gasteiger partial charge in [0.1, 0.15) is 6.07 Å². The van der Waals surface area contributed by atoms with Gasteiger partial charge in [-0.2, -0.15) is 15.8 Å². The third-order valence-corrected chi connectivity index (χ3v) is 4.25. The van der Waals surface area contributed by atoms with Crippen LogP contribution in [0.5, 0.6) is 0 Å². The average molecular weight is 253 g/mol. The highest BCUT2D eigenvalue weighted by Crippen LogP contribution is 2.54. The summed E-state index contributed by atoms with van der Waals surface area (Å²) in [5.41, 5.74) is 5.17. The highest BCUT2D eigenvalue weighted by molar-refractivity contribution is 5.56. The fourth-order valence-electron chi connectivity index (χ4n) is 3.17. The van der Waals surface area contributed by atoms with Crippen molar-refractivity contribution in [2.75, 3.05) is 13.1 Å². The Morgan fingerprint density at radius 1 is 1.21 bits per heavy atom. The van der Waals surface area contributed by atoms with Gasteiger partial charge in [-0.1, -0.05) is 6.08 Å². The molecule has 0 bridgehead atoms. The molecule has 0 aromatic rings. The predicted octanol–water partition coefficient (Wildman–Crippen LogP) is 1.09. The molecule has 0 aromatic carbocycles. The van der Waals surface area contributed by atoms with Crippen molar-refractivity contribution in [1.29, 1.82) is 15.8 Å². The second kappa shape index (κ2) is 4.43. The van der Waals surface area contributed by atoms with E-state index in [9.17, 15) is 15.8 Å². The van der Waals surface area contributed by atoms with E-state index in [0.717, 1.165) is 18.7 Å². The summed E-state index contributed by atoms with van der Waals surface area (Å²) in [6, 6.07) is 6.21. The maximum Gasteiger partial charge on any atom is 0.192 e. The van der Waals surface area contributed by atoms with Crippen LogP contribution in [-0.2, 0) is 0 Å². The molecule has 0 atom stereocenters. The Bertz CT molecular complexity index is 571. The fourth-order valence-corrected chi connectivity index (χ4v) is 3.17. The van der Waals surface area contributed by atoms with E-state index in [4.69, 9.17) is 5.73 Å². The van der Waals surface area contributed by atoms with Crippen molar-refractivity contribution >= 4 is 0 Å². The van der Waals surface area contributed by atoms with Crippen LogP contribution in [0.1, 0.15) is 19.8 Å². The number of nitriles is 3. The molecule has 1 saturated heterocycles. The maximum atomic E-state index is 9.58. The SMILES string of the molecule is CC1=CC2(CCNCC2)C(C#N)(C#N)C(N)=C1C#N. The van der Waals surface area contributed by atoms with Crippen molar-refractivity contribution in [2.45, 2.75) is 19.8 Å². The number of nitrogens with zero attached hydrogens (tertiary/aromatic N) is 3. The van der Waals surface area contributed by atoms with E-state index in [1.165, 1.54) is 0 Å². The molecule has 1 heterocycles. The van der Waals surface area contributed by atoms with Crippen LogP contribution in [0.25, 0.3) is 0 Å². The molecular formula is C14H15N5. The lowest BCUT2D eigenvalue weighted by atomic mass is 9.55. The number of rotatable bonds is 0. The third-order valence-electron chi connectivity index (χ3n) is 4.25. The molecule has 3 N–H and O–H groups in total. The summed E-state index contributed by atoms with van der Waals surface area (Å²) in [6.45, 7) is 3.29. The minimum Gasteiger partial charge on any atom is -0.399 e. The smallest absolute Gasteiger partial charge is 0.192 e. The van der Waals surface area contributed by atoms with Crippen molar-refractivity contribution in [1.82, 2.24) is 5.32 Å². The van der Waals surface area contributed by atoms with Crippen LogP contribution in [-0.4, -0.2) is 13.1 Å². The average Bonchev–Trinajstić information content (AvgIpc) is 2.41. The summed E-state index contributed by atoms with van der Waals surface area (Å²) in [5, 5.41) is 31.6. The van der Waals surface area contributed by atoms with Crippen LogP contribution in [0.2, 0.25) is 0 Å². The summed E-state index contributed by atoms with van der Waals surface area (Å²) < 4.78 is 0. The Morgan fingerprint density at radius 2 is 1.79 bits per heavy atom. The minimum absolute atomic E-state index is 0.113. The highest BCUT2D eigenvalue weighted by Gasteiger charge is 2.56. The summed E-state index contributed by atoms with van der Waals surface area (Å²) in [6.07, 6.45) is 3.25. The standard InChI is InChI=1S/C14H15N5/c1-10-6-13(2-4-19-5-3-13)14(8-16,9-17)12(18)11(10)7-15/h6,19H,2-5,18H2,1H3. The second-order valence-corrected chi connectivity index (χ2v) is 5.11. The van der Waals surface area contributed by atoms with Gasteiger partial charge in [-0.3, -0.25) is 0 Å².